The molecule has 0 fully saturated rings. The third-order valence-electron chi connectivity index (χ3n) is 6.22. The third-order valence-corrected chi connectivity index (χ3v) is 9.14. The summed E-state index contributed by atoms with van der Waals surface area (Å²) >= 11 is 1.23. The number of nitro benzene ring substituents is 1. The first kappa shape index (κ1) is 24.8. The van der Waals surface area contributed by atoms with Crippen LogP contribution in [0.15, 0.2) is 89.3 Å². The first-order valence-electron chi connectivity index (χ1n) is 11.4. The Morgan fingerprint density at radius 1 is 1.11 bits per heavy atom. The molecule has 0 atom stereocenters. The zero-order valence-electron chi connectivity index (χ0n) is 19.6. The SMILES string of the molecule is C=CCn1c(=NC(=O)c2ccc(S(=O)(=O)N3CCc4ccccc4C3)cc2)sc2ccc([N+](=O)[O-])cc21. The Kier molecular flexibility index (Phi) is 6.59. The summed E-state index contributed by atoms with van der Waals surface area (Å²) in [5.41, 5.74) is 2.90. The van der Waals surface area contributed by atoms with Gasteiger partial charge in [0.2, 0.25) is 10.0 Å². The molecule has 188 valence electrons. The maximum atomic E-state index is 13.2. The zero-order chi connectivity index (χ0) is 26.2. The van der Waals surface area contributed by atoms with Crippen LogP contribution in [-0.2, 0) is 29.5 Å². The van der Waals surface area contributed by atoms with Crippen molar-refractivity contribution < 1.29 is 18.1 Å². The van der Waals surface area contributed by atoms with E-state index in [1.54, 1.807) is 16.7 Å². The first-order chi connectivity index (χ1) is 17.8. The second-order valence-electron chi connectivity index (χ2n) is 8.49. The van der Waals surface area contributed by atoms with Crippen LogP contribution in [0.1, 0.15) is 21.5 Å². The lowest BCUT2D eigenvalue weighted by molar-refractivity contribution is -0.384. The second kappa shape index (κ2) is 9.85. The summed E-state index contributed by atoms with van der Waals surface area (Å²) in [5, 5.41) is 11.2. The van der Waals surface area contributed by atoms with E-state index in [1.165, 1.54) is 52.0 Å². The van der Waals surface area contributed by atoms with Crippen LogP contribution in [0, 0.1) is 10.1 Å². The molecule has 11 heteroatoms. The average Bonchev–Trinajstić information content (AvgIpc) is 3.24. The number of aromatic nitrogens is 1. The molecule has 0 radical (unpaired) electrons. The van der Waals surface area contributed by atoms with Gasteiger partial charge >= 0.3 is 0 Å². The van der Waals surface area contributed by atoms with Crippen LogP contribution in [0.5, 0.6) is 0 Å². The maximum absolute atomic E-state index is 13.2. The van der Waals surface area contributed by atoms with Gasteiger partial charge in [0.15, 0.2) is 4.80 Å². The van der Waals surface area contributed by atoms with Gasteiger partial charge in [-0.05, 0) is 47.9 Å². The molecule has 0 N–H and O–H groups in total. The highest BCUT2D eigenvalue weighted by Crippen LogP contribution is 2.26. The van der Waals surface area contributed by atoms with Gasteiger partial charge in [0, 0.05) is 37.3 Å². The molecule has 1 aromatic heterocycles. The minimum absolute atomic E-state index is 0.0602. The van der Waals surface area contributed by atoms with Crippen LogP contribution in [0.25, 0.3) is 10.2 Å². The van der Waals surface area contributed by atoms with Crippen molar-refractivity contribution in [2.24, 2.45) is 4.99 Å². The fourth-order valence-corrected chi connectivity index (χ4v) is 6.74. The molecule has 4 aromatic rings. The van der Waals surface area contributed by atoms with E-state index in [0.717, 1.165) is 15.8 Å². The van der Waals surface area contributed by atoms with E-state index < -0.39 is 20.9 Å². The molecule has 0 aliphatic carbocycles. The number of carbonyl (C=O) groups is 1. The van der Waals surface area contributed by atoms with Crippen LogP contribution in [0.2, 0.25) is 0 Å². The van der Waals surface area contributed by atoms with Gasteiger partial charge in [-0.1, -0.05) is 41.7 Å². The van der Waals surface area contributed by atoms with Crippen molar-refractivity contribution in [2.75, 3.05) is 6.54 Å². The normalized spacial score (nSPS) is 14.4. The van der Waals surface area contributed by atoms with Crippen LogP contribution in [0.3, 0.4) is 0 Å². The molecule has 5 rings (SSSR count). The molecule has 0 unspecified atom stereocenters. The summed E-state index contributed by atoms with van der Waals surface area (Å²) in [6.45, 7) is 4.73. The fourth-order valence-electron chi connectivity index (χ4n) is 4.31. The number of amides is 1. The van der Waals surface area contributed by atoms with Gasteiger partial charge in [-0.25, -0.2) is 8.42 Å². The van der Waals surface area contributed by atoms with Crippen LogP contribution in [0.4, 0.5) is 5.69 Å². The Hall–Kier alpha value is -3.93. The monoisotopic (exact) mass is 534 g/mol. The third kappa shape index (κ3) is 4.76. The van der Waals surface area contributed by atoms with Crippen molar-refractivity contribution >= 4 is 43.2 Å². The van der Waals surface area contributed by atoms with Gasteiger partial charge in [0.1, 0.15) is 0 Å². The molecule has 9 nitrogen and oxygen atoms in total. The van der Waals surface area contributed by atoms with E-state index in [2.05, 4.69) is 11.6 Å². The number of benzene rings is 3. The fraction of sp³-hybridized carbons (Fsp3) is 0.154. The van der Waals surface area contributed by atoms with E-state index in [0.29, 0.717) is 36.4 Å². The van der Waals surface area contributed by atoms with Crippen molar-refractivity contribution in [3.8, 4) is 0 Å². The molecular weight excluding hydrogens is 512 g/mol. The summed E-state index contributed by atoms with van der Waals surface area (Å²) in [6.07, 6.45) is 2.26. The number of nitrogens with zero attached hydrogens (tertiary/aromatic N) is 4. The Balaban J connectivity index is 1.43. The van der Waals surface area contributed by atoms with Crippen molar-refractivity contribution in [3.05, 3.63) is 111 Å². The molecule has 0 bridgehead atoms. The van der Waals surface area contributed by atoms with E-state index in [9.17, 15) is 23.3 Å². The van der Waals surface area contributed by atoms with Crippen molar-refractivity contribution in [1.82, 2.24) is 8.87 Å². The highest BCUT2D eigenvalue weighted by atomic mass is 32.2. The Bertz CT molecular complexity index is 1720. The second-order valence-corrected chi connectivity index (χ2v) is 11.4. The predicted octanol–water partition coefficient (Wildman–Crippen LogP) is 4.29. The number of sulfonamides is 1. The minimum Gasteiger partial charge on any atom is -0.312 e. The molecule has 1 aliphatic rings. The summed E-state index contributed by atoms with van der Waals surface area (Å²) in [6, 6.07) is 18.0. The number of carbonyl (C=O) groups excluding carboxylic acids is 1. The largest absolute Gasteiger partial charge is 0.312 e. The van der Waals surface area contributed by atoms with E-state index >= 15 is 0 Å². The zero-order valence-corrected chi connectivity index (χ0v) is 21.2. The van der Waals surface area contributed by atoms with Gasteiger partial charge in [0.05, 0.1) is 20.0 Å². The number of allylic oxidation sites excluding steroid dienone is 1. The van der Waals surface area contributed by atoms with Crippen molar-refractivity contribution in [1.29, 1.82) is 0 Å². The highest BCUT2D eigenvalue weighted by Gasteiger charge is 2.28. The quantitative estimate of drug-likeness (QED) is 0.208. The number of nitro groups is 1. The highest BCUT2D eigenvalue weighted by molar-refractivity contribution is 7.89. The number of non-ortho nitro benzene ring substituents is 1. The Morgan fingerprint density at radius 3 is 2.54 bits per heavy atom. The Labute approximate surface area is 216 Å². The summed E-state index contributed by atoms with van der Waals surface area (Å²) < 4.78 is 30.3. The van der Waals surface area contributed by atoms with E-state index in [-0.39, 0.29) is 16.1 Å². The van der Waals surface area contributed by atoms with Gasteiger partial charge in [-0.15, -0.1) is 6.58 Å². The molecular formula is C26H22N4O5S2. The van der Waals surface area contributed by atoms with Gasteiger partial charge < -0.3 is 4.57 Å². The Morgan fingerprint density at radius 2 is 1.84 bits per heavy atom. The molecule has 0 saturated carbocycles. The molecule has 0 saturated heterocycles. The summed E-state index contributed by atoms with van der Waals surface area (Å²) in [5.74, 6) is -0.547. The molecule has 37 heavy (non-hydrogen) atoms. The van der Waals surface area contributed by atoms with Gasteiger partial charge in [-0.2, -0.15) is 9.30 Å². The topological polar surface area (TPSA) is 115 Å². The lowest BCUT2D eigenvalue weighted by Gasteiger charge is -2.28. The lowest BCUT2D eigenvalue weighted by Crippen LogP contribution is -2.35. The number of rotatable bonds is 6. The smallest absolute Gasteiger partial charge is 0.279 e. The van der Waals surface area contributed by atoms with E-state index in [4.69, 9.17) is 0 Å². The molecule has 2 heterocycles. The number of hydrogen-bond donors (Lipinski definition) is 0. The van der Waals surface area contributed by atoms with Crippen molar-refractivity contribution in [3.63, 3.8) is 0 Å². The van der Waals surface area contributed by atoms with Gasteiger partial charge in [0.25, 0.3) is 11.6 Å². The van der Waals surface area contributed by atoms with E-state index in [1.807, 2.05) is 24.3 Å². The minimum atomic E-state index is -3.73. The van der Waals surface area contributed by atoms with Crippen LogP contribution >= 0.6 is 11.3 Å². The molecule has 3 aromatic carbocycles. The summed E-state index contributed by atoms with van der Waals surface area (Å²) in [4.78, 5) is 28.4. The van der Waals surface area contributed by atoms with Crippen LogP contribution < -0.4 is 4.80 Å². The number of thiazole rings is 1. The predicted molar refractivity (Wildman–Crippen MR) is 141 cm³/mol. The number of fused-ring (bicyclic) bond motifs is 2. The molecule has 0 spiro atoms. The number of hydrogen-bond acceptors (Lipinski definition) is 6. The maximum Gasteiger partial charge on any atom is 0.279 e. The molecule has 1 aliphatic heterocycles. The van der Waals surface area contributed by atoms with Gasteiger partial charge in [-0.3, -0.25) is 14.9 Å². The summed E-state index contributed by atoms with van der Waals surface area (Å²) in [7, 11) is -3.73. The first-order valence-corrected chi connectivity index (χ1v) is 13.7. The average molecular weight is 535 g/mol. The van der Waals surface area contributed by atoms with Crippen LogP contribution in [-0.4, -0.2) is 34.7 Å². The lowest BCUT2D eigenvalue weighted by atomic mass is 10.0. The molecule has 1 amide bonds. The standard InChI is InChI=1S/C26H22N4O5S2/c1-2-14-29-23-16-21(30(32)33)9-12-24(23)36-26(29)27-25(31)19-7-10-22(11-8-19)37(34,35)28-15-13-18-5-3-4-6-20(18)17-28/h2-12,16H,1,13-15,17H2. The van der Waals surface area contributed by atoms with Crippen molar-refractivity contribution in [2.45, 2.75) is 24.4 Å².